The molecule has 3 N–H and O–H groups in total. The van der Waals surface area contributed by atoms with E-state index < -0.39 is 79.3 Å². The second-order valence-corrected chi connectivity index (χ2v) is 13.6. The van der Waals surface area contributed by atoms with Crippen LogP contribution in [0.1, 0.15) is 56.8 Å². The molecule has 0 saturated heterocycles. The van der Waals surface area contributed by atoms with E-state index in [0.717, 1.165) is 12.1 Å². The lowest BCUT2D eigenvalue weighted by Crippen LogP contribution is -2.69. The highest BCUT2D eigenvalue weighted by Gasteiger charge is 2.75. The standard InChI is InChI=1S/C29H33FO9S/c1-16-11-22-21-8-7-18-13-19(31)9-10-26(18,2)28(21,30)23(32)14-27(22,3)29(16,35)24(33)15-39-25(34)17-5-4-6-20(12-17)40(36,37)38/h4-6,9-10,12-13,16,21-23,32,35H,7-8,11,14-15H2,1-3H3,(H,36,37,38)/t16-,21+,22+,23+,26+,27+,28+,29-/m0/s1. The summed E-state index contributed by atoms with van der Waals surface area (Å²) < 4.78 is 54.4. The molecule has 4 aliphatic rings. The minimum atomic E-state index is -4.57. The van der Waals surface area contributed by atoms with Crippen LogP contribution in [0.5, 0.6) is 0 Å². The van der Waals surface area contributed by atoms with E-state index in [9.17, 15) is 37.6 Å². The van der Waals surface area contributed by atoms with E-state index in [2.05, 4.69) is 0 Å². The monoisotopic (exact) mass is 576 g/mol. The molecule has 0 aromatic heterocycles. The average molecular weight is 577 g/mol. The lowest BCUT2D eigenvalue weighted by Gasteiger charge is -2.62. The van der Waals surface area contributed by atoms with Crippen LogP contribution in [0.2, 0.25) is 0 Å². The molecule has 11 heteroatoms. The maximum absolute atomic E-state index is 17.3. The number of hydrogen-bond acceptors (Lipinski definition) is 8. The molecule has 4 aliphatic carbocycles. The number of hydrogen-bond donors (Lipinski definition) is 3. The van der Waals surface area contributed by atoms with Crippen molar-refractivity contribution in [1.82, 2.24) is 0 Å². The van der Waals surface area contributed by atoms with Crippen molar-refractivity contribution in [1.29, 1.82) is 0 Å². The van der Waals surface area contributed by atoms with E-state index in [0.29, 0.717) is 24.8 Å². The Labute approximate surface area is 231 Å². The number of rotatable bonds is 5. The van der Waals surface area contributed by atoms with Crippen molar-refractivity contribution in [3.63, 3.8) is 0 Å². The SMILES string of the molecule is C[C@H]1C[C@@H]2[C@H]3CCC4=CC(=O)C=C[C@@]4(C)[C@]3(F)[C@H](O)C[C@@]2(C)[C@@]1(O)C(=O)COC(=O)c1cccc(S(=O)(=O)O)c1. The first kappa shape index (κ1) is 28.8. The number of esters is 1. The van der Waals surface area contributed by atoms with Crippen LogP contribution < -0.4 is 0 Å². The minimum Gasteiger partial charge on any atom is -0.454 e. The fourth-order valence-corrected chi connectivity index (χ4v) is 8.77. The lowest BCUT2D eigenvalue weighted by molar-refractivity contribution is -0.219. The van der Waals surface area contributed by atoms with Crippen molar-refractivity contribution in [3.8, 4) is 0 Å². The van der Waals surface area contributed by atoms with Crippen molar-refractivity contribution < 1.29 is 46.7 Å². The van der Waals surface area contributed by atoms with Crippen molar-refractivity contribution in [2.75, 3.05) is 6.61 Å². The number of alkyl halides is 1. The largest absolute Gasteiger partial charge is 0.454 e. The highest BCUT2D eigenvalue weighted by Crippen LogP contribution is 2.70. The van der Waals surface area contributed by atoms with E-state index in [1.807, 2.05) is 0 Å². The van der Waals surface area contributed by atoms with Gasteiger partial charge in [0.1, 0.15) is 5.60 Å². The van der Waals surface area contributed by atoms with Crippen LogP contribution in [0.25, 0.3) is 0 Å². The molecule has 0 amide bonds. The Morgan fingerprint density at radius 2 is 1.90 bits per heavy atom. The summed E-state index contributed by atoms with van der Waals surface area (Å²) in [5.41, 5.74) is -6.17. The van der Waals surface area contributed by atoms with E-state index in [1.54, 1.807) is 20.8 Å². The Morgan fingerprint density at radius 3 is 2.58 bits per heavy atom. The summed E-state index contributed by atoms with van der Waals surface area (Å²) in [6.07, 6.45) is 3.64. The van der Waals surface area contributed by atoms with Crippen molar-refractivity contribution in [2.24, 2.45) is 28.6 Å². The van der Waals surface area contributed by atoms with Gasteiger partial charge in [0.2, 0.25) is 5.78 Å². The molecule has 216 valence electrons. The zero-order valence-electron chi connectivity index (χ0n) is 22.5. The van der Waals surface area contributed by atoms with Crippen molar-refractivity contribution >= 4 is 27.7 Å². The van der Waals surface area contributed by atoms with Crippen LogP contribution in [0.4, 0.5) is 4.39 Å². The molecular formula is C29H33FO9S. The highest BCUT2D eigenvalue weighted by molar-refractivity contribution is 7.85. The number of fused-ring (bicyclic) bond motifs is 5. The van der Waals surface area contributed by atoms with Gasteiger partial charge >= 0.3 is 5.97 Å². The third-order valence-corrected chi connectivity index (χ3v) is 11.2. The number of aliphatic hydroxyl groups is 2. The molecule has 0 unspecified atom stereocenters. The number of carbonyl (C=O) groups excluding carboxylic acids is 3. The Kier molecular flexibility index (Phi) is 6.58. The van der Waals surface area contributed by atoms with Crippen LogP contribution in [0, 0.1) is 28.6 Å². The summed E-state index contributed by atoms with van der Waals surface area (Å²) in [4.78, 5) is 37.7. The number of carbonyl (C=O) groups is 3. The predicted octanol–water partition coefficient (Wildman–Crippen LogP) is 3.01. The van der Waals surface area contributed by atoms with Crippen molar-refractivity contribution in [2.45, 2.75) is 68.7 Å². The molecule has 3 fully saturated rings. The third-order valence-electron chi connectivity index (χ3n) is 10.3. The summed E-state index contributed by atoms with van der Waals surface area (Å²) in [5, 5.41) is 23.4. The van der Waals surface area contributed by atoms with Gasteiger partial charge in [-0.1, -0.05) is 31.6 Å². The molecule has 9 nitrogen and oxygen atoms in total. The summed E-state index contributed by atoms with van der Waals surface area (Å²) in [5.74, 6) is -3.86. The van der Waals surface area contributed by atoms with Crippen LogP contribution in [0.15, 0.2) is 53.0 Å². The van der Waals surface area contributed by atoms with Gasteiger partial charge in [-0.15, -0.1) is 0 Å². The molecule has 40 heavy (non-hydrogen) atoms. The Balaban J connectivity index is 1.41. The smallest absolute Gasteiger partial charge is 0.338 e. The van der Waals surface area contributed by atoms with Crippen molar-refractivity contribution in [3.05, 3.63) is 53.6 Å². The third kappa shape index (κ3) is 3.81. The first-order valence-corrected chi connectivity index (χ1v) is 14.8. The first-order valence-electron chi connectivity index (χ1n) is 13.3. The predicted molar refractivity (Wildman–Crippen MR) is 139 cm³/mol. The maximum Gasteiger partial charge on any atom is 0.338 e. The van der Waals surface area contributed by atoms with Gasteiger partial charge in [-0.2, -0.15) is 8.42 Å². The molecule has 1 aromatic carbocycles. The zero-order chi connectivity index (χ0) is 29.5. The summed E-state index contributed by atoms with van der Waals surface area (Å²) in [7, 11) is -4.57. The number of benzene rings is 1. The first-order chi connectivity index (χ1) is 18.5. The highest BCUT2D eigenvalue weighted by atomic mass is 32.2. The van der Waals surface area contributed by atoms with E-state index in [-0.39, 0.29) is 17.8 Å². The summed E-state index contributed by atoms with van der Waals surface area (Å²) in [6, 6.07) is 4.48. The second-order valence-electron chi connectivity index (χ2n) is 12.2. The van der Waals surface area contributed by atoms with Crippen LogP contribution >= 0.6 is 0 Å². The summed E-state index contributed by atoms with van der Waals surface area (Å²) in [6.45, 7) is 4.22. The molecule has 0 heterocycles. The lowest BCUT2D eigenvalue weighted by atomic mass is 9.44. The van der Waals surface area contributed by atoms with Gasteiger partial charge < -0.3 is 14.9 Å². The van der Waals surface area contributed by atoms with Crippen LogP contribution in [-0.2, 0) is 24.4 Å². The maximum atomic E-state index is 17.3. The normalized spacial score (nSPS) is 40.5. The fourth-order valence-electron chi connectivity index (χ4n) is 8.25. The van der Waals surface area contributed by atoms with Gasteiger partial charge in [0.15, 0.2) is 18.1 Å². The number of ether oxygens (including phenoxy) is 1. The molecule has 5 rings (SSSR count). The molecule has 3 saturated carbocycles. The number of allylic oxidation sites excluding steroid dienone is 4. The quantitative estimate of drug-likeness (QED) is 0.354. The minimum absolute atomic E-state index is 0.216. The Hall–Kier alpha value is -2.73. The summed E-state index contributed by atoms with van der Waals surface area (Å²) >= 11 is 0. The number of aliphatic hydroxyl groups excluding tert-OH is 1. The fraction of sp³-hybridized carbons (Fsp3) is 0.552. The molecule has 0 spiro atoms. The second kappa shape index (κ2) is 9.14. The number of halogens is 1. The van der Waals surface area contributed by atoms with Gasteiger partial charge in [0.05, 0.1) is 16.6 Å². The van der Waals surface area contributed by atoms with E-state index in [1.165, 1.54) is 30.4 Å². The molecule has 1 aromatic rings. The topological polar surface area (TPSA) is 155 Å². The van der Waals surface area contributed by atoms with Gasteiger partial charge in [0.25, 0.3) is 10.1 Å². The number of ketones is 2. The Bertz CT molecular complexity index is 1470. The van der Waals surface area contributed by atoms with Gasteiger partial charge in [-0.25, -0.2) is 9.18 Å². The van der Waals surface area contributed by atoms with E-state index >= 15 is 4.39 Å². The molecular weight excluding hydrogens is 543 g/mol. The van der Waals surface area contributed by atoms with Crippen LogP contribution in [-0.4, -0.2) is 64.7 Å². The number of Topliss-reactive ketones (excluding diaryl/α,β-unsaturated/α-hetero) is 1. The zero-order valence-corrected chi connectivity index (χ0v) is 23.3. The average Bonchev–Trinajstić information content (AvgIpc) is 3.09. The Morgan fingerprint density at radius 1 is 1.20 bits per heavy atom. The van der Waals surface area contributed by atoms with Gasteiger partial charge in [-0.05, 0) is 74.8 Å². The van der Waals surface area contributed by atoms with Gasteiger partial charge in [-0.3, -0.25) is 14.1 Å². The molecule has 0 radical (unpaired) electrons. The van der Waals surface area contributed by atoms with Gasteiger partial charge in [0, 0.05) is 16.7 Å². The van der Waals surface area contributed by atoms with E-state index in [4.69, 9.17) is 4.74 Å². The van der Waals surface area contributed by atoms with Crippen LogP contribution in [0.3, 0.4) is 0 Å². The molecule has 8 atom stereocenters. The molecule has 0 aliphatic heterocycles. The molecule has 0 bridgehead atoms.